The molecule has 0 fully saturated rings. The second kappa shape index (κ2) is 57.9. The van der Waals surface area contributed by atoms with Crippen LogP contribution in [0.4, 0.5) is 0 Å². The first kappa shape index (κ1) is 66.3. The molecule has 0 saturated heterocycles. The van der Waals surface area contributed by atoms with Crippen LogP contribution in [0.5, 0.6) is 0 Å². The number of aliphatic hydroxyl groups is 2. The summed E-state index contributed by atoms with van der Waals surface area (Å²) in [6.07, 6.45) is 70.5. The molecule has 0 spiro atoms. The van der Waals surface area contributed by atoms with Gasteiger partial charge in [0.1, 0.15) is 0 Å². The van der Waals surface area contributed by atoms with Crippen LogP contribution >= 0.6 is 0 Å². The fraction of sp³-hybridized carbons (Fsp3) is 0.903. The zero-order chi connectivity index (χ0) is 49.3. The maximum Gasteiger partial charge on any atom is 0.305 e. The maximum atomic E-state index is 12.4. The van der Waals surface area contributed by atoms with E-state index in [2.05, 4.69) is 43.5 Å². The zero-order valence-electron chi connectivity index (χ0n) is 45.9. The van der Waals surface area contributed by atoms with E-state index >= 15 is 0 Å². The Bertz CT molecular complexity index is 1060. The first-order chi connectivity index (χ1) is 33.5. The van der Waals surface area contributed by atoms with Gasteiger partial charge in [-0.3, -0.25) is 9.59 Å². The van der Waals surface area contributed by atoms with Gasteiger partial charge in [0.2, 0.25) is 5.91 Å². The van der Waals surface area contributed by atoms with Gasteiger partial charge in [0.25, 0.3) is 0 Å². The van der Waals surface area contributed by atoms with Crippen molar-refractivity contribution in [3.05, 3.63) is 24.3 Å². The van der Waals surface area contributed by atoms with Gasteiger partial charge in [-0.15, -0.1) is 0 Å². The van der Waals surface area contributed by atoms with E-state index in [0.717, 1.165) is 44.9 Å². The molecule has 0 aliphatic carbocycles. The normalized spacial score (nSPS) is 12.7. The molecule has 0 aliphatic heterocycles. The van der Waals surface area contributed by atoms with E-state index < -0.39 is 12.1 Å². The van der Waals surface area contributed by atoms with Gasteiger partial charge < -0.3 is 20.3 Å². The third kappa shape index (κ3) is 53.7. The highest BCUT2D eigenvalue weighted by atomic mass is 16.5. The molecule has 0 aliphatic rings. The molecule has 0 aromatic heterocycles. The third-order valence-corrected chi connectivity index (χ3v) is 14.2. The van der Waals surface area contributed by atoms with Crippen LogP contribution in [-0.2, 0) is 14.3 Å². The lowest BCUT2D eigenvalue weighted by molar-refractivity contribution is -0.143. The maximum absolute atomic E-state index is 12.4. The predicted octanol–water partition coefficient (Wildman–Crippen LogP) is 19.0. The summed E-state index contributed by atoms with van der Waals surface area (Å²) in [4.78, 5) is 24.5. The van der Waals surface area contributed by atoms with Crippen LogP contribution in [0.1, 0.15) is 335 Å². The second-order valence-electron chi connectivity index (χ2n) is 21.0. The van der Waals surface area contributed by atoms with E-state index in [9.17, 15) is 19.8 Å². The van der Waals surface area contributed by atoms with Crippen LogP contribution in [0.15, 0.2) is 24.3 Å². The summed E-state index contributed by atoms with van der Waals surface area (Å²) in [6.45, 7) is 4.94. The minimum absolute atomic E-state index is 0.00622. The molecule has 2 unspecified atom stereocenters. The van der Waals surface area contributed by atoms with Gasteiger partial charge in [0.15, 0.2) is 0 Å². The molecule has 3 N–H and O–H groups in total. The quantitative estimate of drug-likeness (QED) is 0.0321. The Morgan fingerprint density at radius 1 is 0.397 bits per heavy atom. The van der Waals surface area contributed by atoms with Crippen molar-refractivity contribution >= 4 is 11.9 Å². The highest BCUT2D eigenvalue weighted by Gasteiger charge is 2.20. The van der Waals surface area contributed by atoms with Crippen molar-refractivity contribution in [2.75, 3.05) is 13.2 Å². The Hall–Kier alpha value is -1.66. The largest absolute Gasteiger partial charge is 0.466 e. The average molecular weight is 959 g/mol. The molecule has 2 atom stereocenters. The summed E-state index contributed by atoms with van der Waals surface area (Å²) < 4.78 is 5.48. The van der Waals surface area contributed by atoms with Gasteiger partial charge >= 0.3 is 5.97 Å². The number of amides is 1. The number of ether oxygens (including phenoxy) is 1. The molecule has 0 aromatic rings. The lowest BCUT2D eigenvalue weighted by Crippen LogP contribution is -2.45. The van der Waals surface area contributed by atoms with E-state index in [1.165, 1.54) is 257 Å². The smallest absolute Gasteiger partial charge is 0.305 e. The Balaban J connectivity index is 3.37. The molecule has 0 rings (SSSR count). The van der Waals surface area contributed by atoms with Crippen molar-refractivity contribution in [2.24, 2.45) is 0 Å². The van der Waals surface area contributed by atoms with E-state index in [1.54, 1.807) is 0 Å². The summed E-state index contributed by atoms with van der Waals surface area (Å²) in [7, 11) is 0. The number of aliphatic hydroxyl groups excluding tert-OH is 2. The first-order valence-electron chi connectivity index (χ1n) is 30.6. The van der Waals surface area contributed by atoms with Crippen LogP contribution < -0.4 is 5.32 Å². The van der Waals surface area contributed by atoms with Gasteiger partial charge in [0, 0.05) is 12.8 Å². The Morgan fingerprint density at radius 3 is 1.04 bits per heavy atom. The predicted molar refractivity (Wildman–Crippen MR) is 296 cm³/mol. The summed E-state index contributed by atoms with van der Waals surface area (Å²) >= 11 is 0. The molecule has 0 bridgehead atoms. The molecule has 1 amide bonds. The summed E-state index contributed by atoms with van der Waals surface area (Å²) in [5.41, 5.74) is 0. The summed E-state index contributed by atoms with van der Waals surface area (Å²) in [6, 6.07) is -0.542. The number of allylic oxidation sites excluding steroid dienone is 4. The lowest BCUT2D eigenvalue weighted by Gasteiger charge is -2.22. The molecule has 0 saturated carbocycles. The molecule has 402 valence electrons. The number of nitrogens with one attached hydrogen (secondary N) is 1. The van der Waals surface area contributed by atoms with Crippen LogP contribution in [-0.4, -0.2) is 47.4 Å². The molecule has 0 heterocycles. The Morgan fingerprint density at radius 2 is 0.691 bits per heavy atom. The van der Waals surface area contributed by atoms with Crippen LogP contribution in [0, 0.1) is 0 Å². The molecule has 68 heavy (non-hydrogen) atoms. The second-order valence-corrected chi connectivity index (χ2v) is 21.0. The number of carbonyl (C=O) groups excluding carboxylic acids is 2. The van der Waals surface area contributed by atoms with Gasteiger partial charge in [0.05, 0.1) is 25.4 Å². The highest BCUT2D eigenvalue weighted by molar-refractivity contribution is 5.76. The number of carbonyl (C=O) groups is 2. The van der Waals surface area contributed by atoms with Gasteiger partial charge in [-0.25, -0.2) is 0 Å². The van der Waals surface area contributed by atoms with Crippen LogP contribution in [0.25, 0.3) is 0 Å². The van der Waals surface area contributed by atoms with Crippen molar-refractivity contribution < 1.29 is 24.5 Å². The minimum atomic E-state index is -0.664. The molecular formula is C62H119NO5. The fourth-order valence-corrected chi connectivity index (χ4v) is 9.51. The Labute approximate surface area is 424 Å². The standard InChI is InChI=1S/C62H119NO5/c1-3-5-7-9-11-13-15-16-17-30-33-36-40-44-48-52-56-62(67)68-57-53-49-45-41-37-34-31-28-26-24-22-20-18-19-21-23-25-27-29-32-35-39-43-47-51-55-61(66)63-59(58-64)60(65)54-50-46-42-38-14-12-10-8-6-4-2/h17,19,21,30,59-60,64-65H,3-16,18,20,22-29,31-58H2,1-2H3,(H,63,66)/b21-19-,30-17-. The van der Waals surface area contributed by atoms with Crippen molar-refractivity contribution in [3.8, 4) is 0 Å². The number of unbranched alkanes of at least 4 members (excludes halogenated alkanes) is 42. The molecule has 6 heteroatoms. The third-order valence-electron chi connectivity index (χ3n) is 14.2. The number of hydrogen-bond donors (Lipinski definition) is 3. The number of hydrogen-bond acceptors (Lipinski definition) is 5. The molecular weight excluding hydrogens is 839 g/mol. The monoisotopic (exact) mass is 958 g/mol. The number of rotatable bonds is 57. The number of esters is 1. The topological polar surface area (TPSA) is 95.9 Å². The van der Waals surface area contributed by atoms with E-state index in [-0.39, 0.29) is 18.5 Å². The highest BCUT2D eigenvalue weighted by Crippen LogP contribution is 2.17. The van der Waals surface area contributed by atoms with Crippen molar-refractivity contribution in [1.82, 2.24) is 5.32 Å². The van der Waals surface area contributed by atoms with Crippen molar-refractivity contribution in [3.63, 3.8) is 0 Å². The average Bonchev–Trinajstić information content (AvgIpc) is 3.34. The lowest BCUT2D eigenvalue weighted by atomic mass is 10.0. The fourth-order valence-electron chi connectivity index (χ4n) is 9.51. The Kier molecular flexibility index (Phi) is 56.5. The van der Waals surface area contributed by atoms with Gasteiger partial charge in [-0.2, -0.15) is 0 Å². The van der Waals surface area contributed by atoms with Crippen molar-refractivity contribution in [1.29, 1.82) is 0 Å². The minimum Gasteiger partial charge on any atom is -0.466 e. The zero-order valence-corrected chi connectivity index (χ0v) is 45.9. The van der Waals surface area contributed by atoms with Crippen LogP contribution in [0.3, 0.4) is 0 Å². The summed E-state index contributed by atoms with van der Waals surface area (Å²) in [5.74, 6) is -0.0328. The van der Waals surface area contributed by atoms with E-state index in [4.69, 9.17) is 4.74 Å². The van der Waals surface area contributed by atoms with Gasteiger partial charge in [-0.05, 0) is 77.0 Å². The molecule has 0 radical (unpaired) electrons. The molecule has 6 nitrogen and oxygen atoms in total. The summed E-state index contributed by atoms with van der Waals surface area (Å²) in [5, 5.41) is 23.1. The van der Waals surface area contributed by atoms with E-state index in [1.807, 2.05) is 0 Å². The van der Waals surface area contributed by atoms with Gasteiger partial charge in [-0.1, -0.05) is 269 Å². The molecule has 0 aromatic carbocycles. The van der Waals surface area contributed by atoms with E-state index in [0.29, 0.717) is 25.9 Å². The van der Waals surface area contributed by atoms with Crippen LogP contribution in [0.2, 0.25) is 0 Å². The van der Waals surface area contributed by atoms with Crippen molar-refractivity contribution in [2.45, 2.75) is 347 Å². The first-order valence-corrected chi connectivity index (χ1v) is 30.6. The SMILES string of the molecule is CCCCCCCCC/C=C\CCCCCCCC(=O)OCCCCCCCCCCCCCC/C=C\CCCCCCCCCCCC(=O)NC(CO)C(O)CCCCCCCCCCCC.